The fraction of sp³-hybridized carbons (Fsp3) is 0.474. The summed E-state index contributed by atoms with van der Waals surface area (Å²) in [6.45, 7) is 9.06. The van der Waals surface area contributed by atoms with Gasteiger partial charge in [-0.15, -0.1) is 0 Å². The van der Waals surface area contributed by atoms with Crippen LogP contribution < -0.4 is 10.1 Å². The van der Waals surface area contributed by atoms with Crippen molar-refractivity contribution in [1.82, 2.24) is 9.78 Å². The van der Waals surface area contributed by atoms with Gasteiger partial charge in [0.05, 0.1) is 12.8 Å². The first-order valence-electron chi connectivity index (χ1n) is 8.55. The summed E-state index contributed by atoms with van der Waals surface area (Å²) in [4.78, 5) is 12.2. The lowest BCUT2D eigenvalue weighted by Gasteiger charge is -2.25. The van der Waals surface area contributed by atoms with Crippen LogP contribution in [-0.2, 0) is 4.79 Å². The number of hydrogen-bond donors (Lipinski definition) is 1. The molecular formula is C19H25N3O2. The monoisotopic (exact) mass is 327 g/mol. The molecule has 0 saturated heterocycles. The van der Waals surface area contributed by atoms with Gasteiger partial charge in [0.1, 0.15) is 11.6 Å². The van der Waals surface area contributed by atoms with Crippen LogP contribution >= 0.6 is 0 Å². The number of carbonyl (C=O) groups excluding carboxylic acids is 1. The molecule has 0 spiro atoms. The first-order valence-corrected chi connectivity index (χ1v) is 8.55. The van der Waals surface area contributed by atoms with Crippen molar-refractivity contribution in [2.45, 2.75) is 46.1 Å². The second kappa shape index (κ2) is 6.67. The van der Waals surface area contributed by atoms with Crippen LogP contribution in [0.15, 0.2) is 30.5 Å². The molecule has 0 saturated carbocycles. The number of amides is 1. The quantitative estimate of drug-likeness (QED) is 0.904. The van der Waals surface area contributed by atoms with Gasteiger partial charge in [-0.25, -0.2) is 4.68 Å². The predicted molar refractivity (Wildman–Crippen MR) is 94.5 cm³/mol. The fourth-order valence-corrected chi connectivity index (χ4v) is 3.01. The van der Waals surface area contributed by atoms with Crippen molar-refractivity contribution in [3.05, 3.63) is 41.6 Å². The minimum Gasteiger partial charge on any atom is -0.493 e. The lowest BCUT2D eigenvalue weighted by molar-refractivity contribution is -0.116. The van der Waals surface area contributed by atoms with Gasteiger partial charge >= 0.3 is 0 Å². The Morgan fingerprint density at radius 2 is 2.12 bits per heavy atom. The summed E-state index contributed by atoms with van der Waals surface area (Å²) in [7, 11) is 0. The van der Waals surface area contributed by atoms with E-state index in [9.17, 15) is 4.79 Å². The minimum absolute atomic E-state index is 0.0175. The second-order valence-electron chi connectivity index (χ2n) is 7.07. The molecule has 0 unspecified atom stereocenters. The molecule has 3 rings (SSSR count). The molecule has 1 aliphatic heterocycles. The van der Waals surface area contributed by atoms with Crippen LogP contribution in [0.25, 0.3) is 0 Å². The molecular weight excluding hydrogens is 302 g/mol. The predicted octanol–water partition coefficient (Wildman–Crippen LogP) is 3.97. The van der Waals surface area contributed by atoms with Crippen molar-refractivity contribution < 1.29 is 9.53 Å². The van der Waals surface area contributed by atoms with E-state index in [-0.39, 0.29) is 17.9 Å². The Balaban J connectivity index is 1.93. The van der Waals surface area contributed by atoms with E-state index >= 15 is 0 Å². The average Bonchev–Trinajstić information content (AvgIpc) is 2.96. The Bertz CT molecular complexity index is 734. The number of anilines is 1. The molecule has 1 atom stereocenters. The molecule has 0 bridgehead atoms. The second-order valence-corrected chi connectivity index (χ2v) is 7.07. The van der Waals surface area contributed by atoms with E-state index < -0.39 is 0 Å². The van der Waals surface area contributed by atoms with Gasteiger partial charge in [-0.3, -0.25) is 4.79 Å². The molecule has 1 aromatic carbocycles. The number of benzene rings is 1. The summed E-state index contributed by atoms with van der Waals surface area (Å²) in [5, 5.41) is 7.43. The van der Waals surface area contributed by atoms with Crippen molar-refractivity contribution in [2.24, 2.45) is 5.92 Å². The van der Waals surface area contributed by atoms with Crippen molar-refractivity contribution >= 4 is 11.7 Å². The molecule has 1 aromatic heterocycles. The van der Waals surface area contributed by atoms with Crippen LogP contribution in [0.5, 0.6) is 5.75 Å². The Morgan fingerprint density at radius 1 is 1.33 bits per heavy atom. The maximum atomic E-state index is 12.2. The summed E-state index contributed by atoms with van der Waals surface area (Å²) in [5.74, 6) is 2.20. The maximum absolute atomic E-state index is 12.2. The number of ether oxygens (including phenoxy) is 1. The van der Waals surface area contributed by atoms with Gasteiger partial charge in [-0.05, 0) is 37.5 Å². The minimum atomic E-state index is 0.0175. The Labute approximate surface area is 143 Å². The normalized spacial score (nSPS) is 17.1. The van der Waals surface area contributed by atoms with Gasteiger partial charge in [0.25, 0.3) is 0 Å². The number of carbonyl (C=O) groups is 1. The number of nitrogens with zero attached hydrogens (tertiary/aromatic N) is 2. The van der Waals surface area contributed by atoms with E-state index in [1.807, 2.05) is 29.1 Å². The molecule has 2 aromatic rings. The molecule has 0 radical (unpaired) electrons. The third-order valence-electron chi connectivity index (χ3n) is 4.18. The average molecular weight is 327 g/mol. The number of fused-ring (bicyclic) bond motifs is 1. The standard InChI is InChI=1S/C19H25N3O2/c1-12(2)11-24-15-7-5-6-14(8-15)16-9-18(23)21-19-17(16)10-20-22(19)13(3)4/h5-8,10,12-13,16H,9,11H2,1-4H3,(H,21,23)/t16-/m0/s1. The molecule has 2 heterocycles. The third kappa shape index (κ3) is 3.30. The Hall–Kier alpha value is -2.30. The molecule has 0 aliphatic carbocycles. The zero-order valence-corrected chi connectivity index (χ0v) is 14.7. The van der Waals surface area contributed by atoms with Gasteiger partial charge in [0.2, 0.25) is 5.91 Å². The van der Waals surface area contributed by atoms with Crippen LogP contribution in [0.4, 0.5) is 5.82 Å². The lowest BCUT2D eigenvalue weighted by Crippen LogP contribution is -2.25. The highest BCUT2D eigenvalue weighted by Gasteiger charge is 2.30. The van der Waals surface area contributed by atoms with E-state index in [0.717, 1.165) is 22.7 Å². The highest BCUT2D eigenvalue weighted by molar-refractivity contribution is 5.94. The topological polar surface area (TPSA) is 56.1 Å². The summed E-state index contributed by atoms with van der Waals surface area (Å²) in [6, 6.07) is 8.26. The fourth-order valence-electron chi connectivity index (χ4n) is 3.01. The Morgan fingerprint density at radius 3 is 2.83 bits per heavy atom. The van der Waals surface area contributed by atoms with Crippen molar-refractivity contribution in [1.29, 1.82) is 0 Å². The largest absolute Gasteiger partial charge is 0.493 e. The molecule has 1 N–H and O–H groups in total. The maximum Gasteiger partial charge on any atom is 0.226 e. The van der Waals surface area contributed by atoms with E-state index in [1.54, 1.807) is 0 Å². The van der Waals surface area contributed by atoms with Gasteiger partial charge < -0.3 is 10.1 Å². The number of nitrogens with one attached hydrogen (secondary N) is 1. The lowest BCUT2D eigenvalue weighted by atomic mass is 9.87. The highest BCUT2D eigenvalue weighted by atomic mass is 16.5. The summed E-state index contributed by atoms with van der Waals surface area (Å²) < 4.78 is 7.71. The van der Waals surface area contributed by atoms with E-state index in [1.165, 1.54) is 0 Å². The van der Waals surface area contributed by atoms with Gasteiger partial charge in [0.15, 0.2) is 0 Å². The number of hydrogen-bond acceptors (Lipinski definition) is 3. The van der Waals surface area contributed by atoms with Crippen molar-refractivity contribution in [3.8, 4) is 5.75 Å². The molecule has 128 valence electrons. The van der Waals surface area contributed by atoms with Crippen molar-refractivity contribution in [3.63, 3.8) is 0 Å². The van der Waals surface area contributed by atoms with Crippen LogP contribution in [0.3, 0.4) is 0 Å². The van der Waals surface area contributed by atoms with Crippen LogP contribution in [0.2, 0.25) is 0 Å². The molecule has 5 nitrogen and oxygen atoms in total. The number of rotatable bonds is 5. The van der Waals surface area contributed by atoms with E-state index in [0.29, 0.717) is 18.9 Å². The van der Waals surface area contributed by atoms with E-state index in [4.69, 9.17) is 4.74 Å². The first-order chi connectivity index (χ1) is 11.5. The van der Waals surface area contributed by atoms with Gasteiger partial charge in [0, 0.05) is 23.9 Å². The molecule has 1 amide bonds. The molecule has 1 aliphatic rings. The van der Waals surface area contributed by atoms with Crippen LogP contribution in [-0.4, -0.2) is 22.3 Å². The van der Waals surface area contributed by atoms with Crippen molar-refractivity contribution in [2.75, 3.05) is 11.9 Å². The zero-order chi connectivity index (χ0) is 17.3. The molecule has 0 fully saturated rings. The van der Waals surface area contributed by atoms with Crippen LogP contribution in [0.1, 0.15) is 57.2 Å². The molecule has 5 heteroatoms. The third-order valence-corrected chi connectivity index (χ3v) is 4.18. The summed E-state index contributed by atoms with van der Waals surface area (Å²) in [5.41, 5.74) is 2.17. The SMILES string of the molecule is CC(C)COc1cccc([C@@H]2CC(=O)Nc3c2cnn3C(C)C)c1. The Kier molecular flexibility index (Phi) is 4.60. The number of aromatic nitrogens is 2. The van der Waals surface area contributed by atoms with Crippen LogP contribution in [0, 0.1) is 5.92 Å². The zero-order valence-electron chi connectivity index (χ0n) is 14.7. The highest BCUT2D eigenvalue weighted by Crippen LogP contribution is 2.38. The van der Waals surface area contributed by atoms with E-state index in [2.05, 4.69) is 44.2 Å². The van der Waals surface area contributed by atoms with Gasteiger partial charge in [-0.1, -0.05) is 26.0 Å². The van der Waals surface area contributed by atoms with Gasteiger partial charge in [-0.2, -0.15) is 5.10 Å². The summed E-state index contributed by atoms with van der Waals surface area (Å²) >= 11 is 0. The smallest absolute Gasteiger partial charge is 0.226 e. The first kappa shape index (κ1) is 16.6. The molecule has 24 heavy (non-hydrogen) atoms. The summed E-state index contributed by atoms with van der Waals surface area (Å²) in [6.07, 6.45) is 2.31.